The molecule has 0 aliphatic carbocycles. The fourth-order valence-electron chi connectivity index (χ4n) is 4.04. The van der Waals surface area contributed by atoms with Gasteiger partial charge in [0.15, 0.2) is 0 Å². The molecular weight excluding hydrogens is 454 g/mol. The first-order valence-electron chi connectivity index (χ1n) is 11.1. The van der Waals surface area contributed by atoms with Crippen molar-refractivity contribution in [2.75, 3.05) is 23.5 Å². The van der Waals surface area contributed by atoms with Crippen LogP contribution in [0.25, 0.3) is 11.0 Å². The van der Waals surface area contributed by atoms with Crippen molar-refractivity contribution in [2.45, 2.75) is 31.5 Å². The molecule has 0 unspecified atom stereocenters. The van der Waals surface area contributed by atoms with Gasteiger partial charge in [0.2, 0.25) is 11.9 Å². The third-order valence-corrected chi connectivity index (χ3v) is 6.43. The number of hydrogen-bond acceptors (Lipinski definition) is 5. The number of urea groups is 1. The zero-order valence-corrected chi connectivity index (χ0v) is 19.6. The van der Waals surface area contributed by atoms with Crippen LogP contribution >= 0.6 is 11.8 Å². The number of amides is 3. The summed E-state index contributed by atoms with van der Waals surface area (Å²) in [7, 11) is 0. The average Bonchev–Trinajstić information content (AvgIpc) is 3.41. The Bertz CT molecular complexity index is 1180. The zero-order valence-electron chi connectivity index (χ0n) is 18.8. The first-order valence-corrected chi connectivity index (χ1v) is 12.5. The number of nitrogens with one attached hydrogen (secondary N) is 2. The molecule has 0 saturated heterocycles. The SMILES string of the molecule is CSCC[C@H](NC(=O)N1CCn2c1nc1ccccc12)C(=O)N[C@H](Cc1ccccc1)C(=O)O. The van der Waals surface area contributed by atoms with Crippen molar-refractivity contribution in [3.63, 3.8) is 0 Å². The highest BCUT2D eigenvalue weighted by molar-refractivity contribution is 7.98. The molecule has 2 atom stereocenters. The first kappa shape index (κ1) is 23.6. The van der Waals surface area contributed by atoms with Crippen LogP contribution < -0.4 is 15.5 Å². The molecule has 10 heteroatoms. The predicted molar refractivity (Wildman–Crippen MR) is 132 cm³/mol. The summed E-state index contributed by atoms with van der Waals surface area (Å²) in [5, 5.41) is 15.1. The number of carboxylic acid groups (broad SMARTS) is 1. The monoisotopic (exact) mass is 481 g/mol. The molecule has 2 aromatic carbocycles. The molecule has 3 N–H and O–H groups in total. The molecule has 0 bridgehead atoms. The maximum atomic E-state index is 13.1. The standard InChI is InChI=1S/C24H27N5O4S/c1-34-14-11-18(21(30)25-19(22(31)32)15-16-7-3-2-4-8-16)27-24(33)29-13-12-28-20-10-6-5-9-17(20)26-23(28)29/h2-10,18-19H,11-15H2,1H3,(H,25,30)(H,27,33)(H,31,32)/t18-,19+/m0/s1. The van der Waals surface area contributed by atoms with E-state index in [0.29, 0.717) is 31.2 Å². The Hall–Kier alpha value is -3.53. The lowest BCUT2D eigenvalue weighted by Crippen LogP contribution is -2.54. The smallest absolute Gasteiger partial charge is 0.326 e. The van der Waals surface area contributed by atoms with Crippen molar-refractivity contribution in [2.24, 2.45) is 0 Å². The molecule has 2 heterocycles. The third-order valence-electron chi connectivity index (χ3n) is 5.79. The number of hydrogen-bond donors (Lipinski definition) is 3. The highest BCUT2D eigenvalue weighted by atomic mass is 32.2. The molecule has 4 rings (SSSR count). The summed E-state index contributed by atoms with van der Waals surface area (Å²) in [6, 6.07) is 14.4. The van der Waals surface area contributed by atoms with E-state index in [1.54, 1.807) is 11.8 Å². The Morgan fingerprint density at radius 3 is 2.50 bits per heavy atom. The second-order valence-electron chi connectivity index (χ2n) is 8.08. The molecule has 0 saturated carbocycles. The topological polar surface area (TPSA) is 117 Å². The van der Waals surface area contributed by atoms with E-state index in [1.807, 2.05) is 65.4 Å². The van der Waals surface area contributed by atoms with Gasteiger partial charge in [-0.25, -0.2) is 14.6 Å². The van der Waals surface area contributed by atoms with Crippen LogP contribution in [0.4, 0.5) is 10.7 Å². The van der Waals surface area contributed by atoms with Crippen molar-refractivity contribution in [3.8, 4) is 0 Å². The highest BCUT2D eigenvalue weighted by Crippen LogP contribution is 2.27. The molecule has 0 spiro atoms. The van der Waals surface area contributed by atoms with Gasteiger partial charge in [-0.2, -0.15) is 11.8 Å². The van der Waals surface area contributed by atoms with Gasteiger partial charge >= 0.3 is 12.0 Å². The molecule has 1 aromatic heterocycles. The van der Waals surface area contributed by atoms with E-state index < -0.39 is 30.0 Å². The summed E-state index contributed by atoms with van der Waals surface area (Å²) >= 11 is 1.55. The number of imidazole rings is 1. The van der Waals surface area contributed by atoms with E-state index in [1.165, 1.54) is 4.90 Å². The summed E-state index contributed by atoms with van der Waals surface area (Å²) < 4.78 is 1.98. The fourth-order valence-corrected chi connectivity index (χ4v) is 4.51. The van der Waals surface area contributed by atoms with Crippen LogP contribution in [0.15, 0.2) is 54.6 Å². The summed E-state index contributed by atoms with van der Waals surface area (Å²) in [6.07, 6.45) is 2.44. The van der Waals surface area contributed by atoms with E-state index in [4.69, 9.17) is 0 Å². The third kappa shape index (κ3) is 5.17. The number of carboxylic acids is 1. The Morgan fingerprint density at radius 2 is 1.76 bits per heavy atom. The van der Waals surface area contributed by atoms with Gasteiger partial charge in [0.05, 0.1) is 11.0 Å². The number of benzene rings is 2. The molecule has 1 aliphatic rings. The lowest BCUT2D eigenvalue weighted by molar-refractivity contribution is -0.142. The van der Waals surface area contributed by atoms with Crippen LogP contribution in [0.3, 0.4) is 0 Å². The molecule has 0 fully saturated rings. The van der Waals surface area contributed by atoms with Gasteiger partial charge in [-0.1, -0.05) is 42.5 Å². The van der Waals surface area contributed by atoms with Crippen LogP contribution in [0.5, 0.6) is 0 Å². The summed E-state index contributed by atoms with van der Waals surface area (Å²) in [4.78, 5) is 44.1. The highest BCUT2D eigenvalue weighted by Gasteiger charge is 2.32. The molecule has 3 aromatic rings. The minimum Gasteiger partial charge on any atom is -0.480 e. The van der Waals surface area contributed by atoms with Crippen molar-refractivity contribution in [1.29, 1.82) is 0 Å². The minimum absolute atomic E-state index is 0.154. The summed E-state index contributed by atoms with van der Waals surface area (Å²) in [5.74, 6) is -0.470. The Kier molecular flexibility index (Phi) is 7.36. The van der Waals surface area contributed by atoms with Crippen LogP contribution in [0.1, 0.15) is 12.0 Å². The van der Waals surface area contributed by atoms with Crippen LogP contribution in [-0.4, -0.2) is 63.2 Å². The lowest BCUT2D eigenvalue weighted by atomic mass is 10.1. The van der Waals surface area contributed by atoms with Gasteiger partial charge < -0.3 is 20.3 Å². The number of thioether (sulfide) groups is 1. The van der Waals surface area contributed by atoms with Crippen LogP contribution in [0.2, 0.25) is 0 Å². The Labute approximate surface area is 201 Å². The summed E-state index contributed by atoms with van der Waals surface area (Å²) in [6.45, 7) is 1.06. The second-order valence-corrected chi connectivity index (χ2v) is 9.06. The molecule has 3 amide bonds. The summed E-state index contributed by atoms with van der Waals surface area (Å²) in [5.41, 5.74) is 2.56. The number of para-hydroxylation sites is 2. The number of carbonyl (C=O) groups excluding carboxylic acids is 2. The largest absolute Gasteiger partial charge is 0.480 e. The van der Waals surface area contributed by atoms with Crippen molar-refractivity contribution >= 4 is 46.7 Å². The van der Waals surface area contributed by atoms with E-state index in [0.717, 1.165) is 16.6 Å². The predicted octanol–water partition coefficient (Wildman–Crippen LogP) is 2.50. The van der Waals surface area contributed by atoms with Gasteiger partial charge in [-0.05, 0) is 36.1 Å². The number of anilines is 1. The number of rotatable bonds is 9. The maximum Gasteiger partial charge on any atom is 0.326 e. The van der Waals surface area contributed by atoms with Gasteiger partial charge in [0, 0.05) is 19.5 Å². The average molecular weight is 482 g/mol. The molecule has 1 aliphatic heterocycles. The molecule has 0 radical (unpaired) electrons. The quantitative estimate of drug-likeness (QED) is 0.432. The number of aromatic nitrogens is 2. The maximum absolute atomic E-state index is 13.1. The number of aliphatic carboxylic acids is 1. The Balaban J connectivity index is 1.47. The van der Waals surface area contributed by atoms with E-state index in [-0.39, 0.29) is 6.42 Å². The minimum atomic E-state index is -1.12. The molecule has 34 heavy (non-hydrogen) atoms. The van der Waals surface area contributed by atoms with Gasteiger partial charge in [0.1, 0.15) is 12.1 Å². The van der Waals surface area contributed by atoms with Crippen LogP contribution in [-0.2, 0) is 22.6 Å². The van der Waals surface area contributed by atoms with Gasteiger partial charge in [0.25, 0.3) is 0 Å². The first-order chi connectivity index (χ1) is 16.5. The second kappa shape index (κ2) is 10.6. The molecule has 9 nitrogen and oxygen atoms in total. The molecule has 178 valence electrons. The Morgan fingerprint density at radius 1 is 1.03 bits per heavy atom. The fraction of sp³-hybridized carbons (Fsp3) is 0.333. The number of carbonyl (C=O) groups is 3. The number of nitrogens with zero attached hydrogens (tertiary/aromatic N) is 3. The van der Waals surface area contributed by atoms with Gasteiger partial charge in [-0.15, -0.1) is 0 Å². The van der Waals surface area contributed by atoms with Crippen molar-refractivity contribution in [1.82, 2.24) is 20.2 Å². The number of fused-ring (bicyclic) bond motifs is 3. The molecular formula is C24H27N5O4S. The van der Waals surface area contributed by atoms with E-state index >= 15 is 0 Å². The van der Waals surface area contributed by atoms with Crippen LogP contribution in [0, 0.1) is 0 Å². The van der Waals surface area contributed by atoms with E-state index in [2.05, 4.69) is 15.6 Å². The normalized spacial score (nSPS) is 14.4. The zero-order chi connectivity index (χ0) is 24.1. The van der Waals surface area contributed by atoms with Crippen molar-refractivity contribution in [3.05, 3.63) is 60.2 Å². The van der Waals surface area contributed by atoms with E-state index in [9.17, 15) is 19.5 Å². The van der Waals surface area contributed by atoms with Gasteiger partial charge in [-0.3, -0.25) is 9.69 Å². The van der Waals surface area contributed by atoms with Crippen molar-refractivity contribution < 1.29 is 19.5 Å². The lowest BCUT2D eigenvalue weighted by Gasteiger charge is -2.23.